The summed E-state index contributed by atoms with van der Waals surface area (Å²) >= 11 is 0. The van der Waals surface area contributed by atoms with Crippen molar-refractivity contribution in [3.8, 4) is 22.8 Å². The zero-order chi connectivity index (χ0) is 20.5. The Kier molecular flexibility index (Phi) is 24.1. The largest absolute Gasteiger partial charge is 0.255 e. The van der Waals surface area contributed by atoms with Crippen molar-refractivity contribution < 1.29 is 63.7 Å². The molecule has 0 aliphatic rings. The molecule has 4 rings (SSSR count). The first-order valence-corrected chi connectivity index (χ1v) is 7.99. The number of aromatic nitrogens is 4. The van der Waals surface area contributed by atoms with Gasteiger partial charge in [0.25, 0.3) is 0 Å². The normalized spacial score (nSPS) is 7.61. The van der Waals surface area contributed by atoms with E-state index in [1.54, 1.807) is 24.8 Å². The summed E-state index contributed by atoms with van der Waals surface area (Å²) in [5.41, 5.74) is 3.66. The fourth-order valence-electron chi connectivity index (χ4n) is 2.06. The van der Waals surface area contributed by atoms with E-state index in [0.29, 0.717) is 0 Å². The van der Waals surface area contributed by atoms with Crippen molar-refractivity contribution in [1.82, 2.24) is 19.9 Å². The van der Waals surface area contributed by atoms with Gasteiger partial charge in [-0.2, -0.15) is 0 Å². The van der Waals surface area contributed by atoms with E-state index in [-0.39, 0.29) is 54.4 Å². The van der Waals surface area contributed by atoms with Crippen LogP contribution < -0.4 is 34.0 Å². The first kappa shape index (κ1) is 33.3. The van der Waals surface area contributed by atoms with Crippen LogP contribution in [0, 0.1) is 13.3 Å². The summed E-state index contributed by atoms with van der Waals surface area (Å²) in [7, 11) is 0. The molecule has 6 nitrogen and oxygen atoms in total. The molecule has 0 fully saturated rings. The minimum absolute atomic E-state index is 0. The first-order valence-electron chi connectivity index (χ1n) is 7.99. The fraction of sp³-hybridized carbons (Fsp3) is 0. The molecule has 4 aromatic heterocycles. The second-order valence-corrected chi connectivity index (χ2v) is 4.86. The molecule has 0 unspecified atom stereocenters. The second-order valence-electron chi connectivity index (χ2n) is 4.86. The topological polar surface area (TPSA) is 91.4 Å². The van der Waals surface area contributed by atoms with Crippen molar-refractivity contribution in [1.29, 1.82) is 0 Å². The van der Waals surface area contributed by atoms with Gasteiger partial charge in [-0.3, -0.25) is 19.9 Å². The van der Waals surface area contributed by atoms with Crippen LogP contribution in [0.1, 0.15) is 0 Å². The van der Waals surface area contributed by atoms with Crippen LogP contribution in [0.15, 0.2) is 97.6 Å². The third-order valence-corrected chi connectivity index (χ3v) is 3.18. The van der Waals surface area contributed by atoms with Crippen molar-refractivity contribution in [3.63, 3.8) is 0 Å². The van der Waals surface area contributed by atoms with Gasteiger partial charge in [-0.1, -0.05) is 24.3 Å². The first-order chi connectivity index (χ1) is 13.9. The molecule has 0 bridgehead atoms. The van der Waals surface area contributed by atoms with E-state index in [9.17, 15) is 0 Å². The van der Waals surface area contributed by atoms with E-state index < -0.39 is 0 Å². The maximum Gasteiger partial charge on any atom is 0.0886 e. The Morgan fingerprint density at radius 1 is 0.419 bits per heavy atom. The van der Waals surface area contributed by atoms with Gasteiger partial charge in [0, 0.05) is 45.2 Å². The van der Waals surface area contributed by atoms with Gasteiger partial charge in [-0.05, 0) is 48.5 Å². The van der Waals surface area contributed by atoms with Crippen LogP contribution in [0.5, 0.6) is 0 Å². The van der Waals surface area contributed by atoms with Gasteiger partial charge in [0.2, 0.25) is 0 Å². The second kappa shape index (κ2) is 22.4. The van der Waals surface area contributed by atoms with Crippen LogP contribution >= 0.6 is 0 Å². The van der Waals surface area contributed by atoms with E-state index in [0.717, 1.165) is 22.8 Å². The van der Waals surface area contributed by atoms with Crippen molar-refractivity contribution in [2.45, 2.75) is 0 Å². The van der Waals surface area contributed by atoms with Crippen molar-refractivity contribution in [2.24, 2.45) is 0 Å². The molecular weight excluding hydrogens is 698 g/mol. The molecule has 4 aromatic rings. The summed E-state index contributed by atoms with van der Waals surface area (Å²) in [6.07, 6.45) is 7.07. The van der Waals surface area contributed by atoms with Crippen LogP contribution in [-0.2, 0) is 29.7 Å². The zero-order valence-electron chi connectivity index (χ0n) is 16.0. The minimum Gasteiger partial charge on any atom is -0.255 e. The number of hydrogen-bond acceptors (Lipinski definition) is 4. The van der Waals surface area contributed by atoms with Gasteiger partial charge in [-0.25, -0.2) is 0 Å². The van der Waals surface area contributed by atoms with Crippen LogP contribution in [-0.4, -0.2) is 19.9 Å². The Balaban J connectivity index is -0.000000402. The van der Waals surface area contributed by atoms with Gasteiger partial charge in [0.1, 0.15) is 0 Å². The van der Waals surface area contributed by atoms with E-state index in [1.165, 1.54) is 0 Å². The Bertz CT molecular complexity index is 791. The maximum absolute atomic E-state index is 7.50. The molecule has 0 amide bonds. The van der Waals surface area contributed by atoms with Gasteiger partial charge >= 0.3 is 22.6 Å². The molecule has 0 spiro atoms. The molecule has 0 saturated heterocycles. The molecule has 1 radical (unpaired) electrons. The monoisotopic (exact) mass is 713 g/mol. The summed E-state index contributed by atoms with van der Waals surface area (Å²) in [5, 5.41) is 0. The van der Waals surface area contributed by atoms with Gasteiger partial charge in [0.05, 0.1) is 22.8 Å². The molecular formula is C22H16Br2N4O2Re-2. The average Bonchev–Trinajstić information content (AvgIpc) is 2.84. The molecule has 9 heteroatoms. The summed E-state index contributed by atoms with van der Waals surface area (Å²) in [6, 6.07) is 23.2. The molecule has 0 saturated carbocycles. The van der Waals surface area contributed by atoms with Crippen LogP contribution in [0.3, 0.4) is 0 Å². The molecule has 0 N–H and O–H groups in total. The molecule has 0 aromatic carbocycles. The predicted molar refractivity (Wildman–Crippen MR) is 103 cm³/mol. The van der Waals surface area contributed by atoms with E-state index in [1.807, 2.05) is 72.8 Å². The molecule has 159 valence electrons. The van der Waals surface area contributed by atoms with Crippen molar-refractivity contribution in [3.05, 3.63) is 111 Å². The third-order valence-electron chi connectivity index (χ3n) is 3.18. The fourth-order valence-corrected chi connectivity index (χ4v) is 2.06. The summed E-state index contributed by atoms with van der Waals surface area (Å²) < 4.78 is 15.0. The number of pyridine rings is 4. The van der Waals surface area contributed by atoms with Crippen molar-refractivity contribution >= 4 is 0 Å². The number of nitrogens with zero attached hydrogens (tertiary/aromatic N) is 4. The van der Waals surface area contributed by atoms with Gasteiger partial charge in [-0.15, -0.1) is 0 Å². The molecule has 31 heavy (non-hydrogen) atoms. The standard InChI is InChI=1S/2C10H8N2.2CO.2BrH.Re/c2*1-3-7-11-9(5-1)10-6-2-4-8-12-10;2*1-2;;;/h2*1-8H;;;2*1H;/p-2. The van der Waals surface area contributed by atoms with E-state index >= 15 is 0 Å². The van der Waals surface area contributed by atoms with Crippen LogP contribution in [0.4, 0.5) is 0 Å². The Morgan fingerprint density at radius 2 is 0.613 bits per heavy atom. The smallest absolute Gasteiger partial charge is 0.0886 e. The zero-order valence-corrected chi connectivity index (χ0v) is 21.9. The number of hydrogen-bond donors (Lipinski definition) is 0. The SMILES string of the molecule is [Br-].[Br-].[C-]#[O+].[C-]#[O+].[Re].c1ccc(-c2ccccn2)nc1.c1ccc(-c2ccccn2)nc1. The van der Waals surface area contributed by atoms with Crippen LogP contribution in [0.2, 0.25) is 0 Å². The van der Waals surface area contributed by atoms with Gasteiger partial charge < -0.3 is 34.0 Å². The number of halogens is 2. The Labute approximate surface area is 216 Å². The van der Waals surface area contributed by atoms with Crippen molar-refractivity contribution in [2.75, 3.05) is 0 Å². The summed E-state index contributed by atoms with van der Waals surface area (Å²) in [5.74, 6) is 0. The van der Waals surface area contributed by atoms with Crippen LogP contribution in [0.25, 0.3) is 22.8 Å². The van der Waals surface area contributed by atoms with Gasteiger partial charge in [0.15, 0.2) is 0 Å². The third kappa shape index (κ3) is 12.9. The average molecular weight is 714 g/mol. The molecule has 0 aliphatic carbocycles. The summed E-state index contributed by atoms with van der Waals surface area (Å²) in [6.45, 7) is 9.00. The predicted octanol–water partition coefficient (Wildman–Crippen LogP) is -1.78. The molecule has 0 aliphatic heterocycles. The Morgan fingerprint density at radius 3 is 0.742 bits per heavy atom. The Hall–Kier alpha value is -2.30. The molecule has 4 heterocycles. The minimum atomic E-state index is 0. The quantitative estimate of drug-likeness (QED) is 0.182. The summed E-state index contributed by atoms with van der Waals surface area (Å²) in [4.78, 5) is 16.7. The maximum atomic E-state index is 7.50. The van der Waals surface area contributed by atoms with E-state index in [4.69, 9.17) is 9.30 Å². The number of rotatable bonds is 2. The molecule has 0 atom stereocenters. The van der Waals surface area contributed by atoms with E-state index in [2.05, 4.69) is 33.2 Å².